The molecule has 1 atom stereocenters. The van der Waals surface area contributed by atoms with Crippen molar-refractivity contribution in [1.82, 2.24) is 4.58 Å². The van der Waals surface area contributed by atoms with E-state index in [0.29, 0.717) is 12.8 Å². The van der Waals surface area contributed by atoms with Crippen LogP contribution in [0.3, 0.4) is 0 Å². The van der Waals surface area contributed by atoms with Crippen molar-refractivity contribution in [2.24, 2.45) is 5.92 Å². The Morgan fingerprint density at radius 2 is 1.20 bits per heavy atom. The Balaban J connectivity index is 1.66. The predicted molar refractivity (Wildman–Crippen MR) is 218 cm³/mol. The Labute approximate surface area is 312 Å². The fraction of sp³-hybridized carbons (Fsp3) is 0.696. The lowest BCUT2D eigenvalue weighted by atomic mass is 9.88. The summed E-state index contributed by atoms with van der Waals surface area (Å²) in [5.74, 6) is -0.609. The number of carboxylic acids is 1. The summed E-state index contributed by atoms with van der Waals surface area (Å²) in [6.45, 7) is 15.0. The highest BCUT2D eigenvalue weighted by atomic mass is 16.4. The third kappa shape index (κ3) is 14.6. The zero-order valence-electron chi connectivity index (χ0n) is 33.5. The predicted octanol–water partition coefficient (Wildman–Crippen LogP) is 11.3. The van der Waals surface area contributed by atoms with Crippen LogP contribution in [-0.2, 0) is 11.2 Å². The molecule has 0 fully saturated rings. The number of nitrogens with zero attached hydrogens (tertiary/aromatic N) is 2. The van der Waals surface area contributed by atoms with Crippen molar-refractivity contribution in [3.63, 3.8) is 0 Å². The summed E-state index contributed by atoms with van der Waals surface area (Å²) >= 11 is 0. The Morgan fingerprint density at radius 3 is 1.71 bits per heavy atom. The zero-order chi connectivity index (χ0) is 36.7. The van der Waals surface area contributed by atoms with E-state index in [-0.39, 0.29) is 0 Å². The number of aliphatic carboxylic acids is 1. The van der Waals surface area contributed by atoms with Crippen molar-refractivity contribution in [1.29, 1.82) is 0 Å². The molecule has 0 bridgehead atoms. The molecule has 0 aromatic heterocycles. The van der Waals surface area contributed by atoms with Crippen molar-refractivity contribution < 1.29 is 14.3 Å². The third-order valence-electron chi connectivity index (χ3n) is 11.0. The fourth-order valence-corrected chi connectivity index (χ4v) is 7.71. The Kier molecular flexibility index (Phi) is 21.1. The molecule has 51 heavy (non-hydrogen) atoms. The van der Waals surface area contributed by atoms with Gasteiger partial charge in [0.15, 0.2) is 0 Å². The van der Waals surface area contributed by atoms with Gasteiger partial charge in [0.1, 0.15) is 24.4 Å². The first-order valence-corrected chi connectivity index (χ1v) is 21.5. The van der Waals surface area contributed by atoms with E-state index in [2.05, 4.69) is 80.5 Å². The van der Waals surface area contributed by atoms with E-state index in [0.717, 1.165) is 98.2 Å². The van der Waals surface area contributed by atoms with Gasteiger partial charge in [-0.15, -0.1) is 0 Å². The summed E-state index contributed by atoms with van der Waals surface area (Å²) in [5.41, 5.74) is 4.05. The fourth-order valence-electron chi connectivity index (χ4n) is 7.71. The quantitative estimate of drug-likeness (QED) is 0.0410. The maximum atomic E-state index is 12.6. The van der Waals surface area contributed by atoms with Gasteiger partial charge in [-0.3, -0.25) is 0 Å². The first-order chi connectivity index (χ1) is 25.0. The van der Waals surface area contributed by atoms with Crippen molar-refractivity contribution in [2.45, 2.75) is 176 Å². The summed E-state index contributed by atoms with van der Waals surface area (Å²) in [5, 5.41) is 14.8. The van der Waals surface area contributed by atoms with Gasteiger partial charge in [0.2, 0.25) is 5.36 Å². The first-order valence-electron chi connectivity index (χ1n) is 21.5. The number of hydrogen-bond donors (Lipinski definition) is 0. The van der Waals surface area contributed by atoms with Gasteiger partial charge in [-0.05, 0) is 50.5 Å². The Bertz CT molecular complexity index is 1410. The van der Waals surface area contributed by atoms with Gasteiger partial charge in [-0.2, -0.15) is 0 Å². The highest BCUT2D eigenvalue weighted by molar-refractivity contribution is 5.90. The van der Waals surface area contributed by atoms with E-state index >= 15 is 0 Å². The molecule has 0 amide bonds. The SMILES string of the molecule is CCCCCCCCCCCCCCCCCCC(Cc1c2ccc(=[N+](CCCC)CCCC)cc-2oc2cc(N(CC)CC)ccc12)C(=O)[O-]. The number of benzene rings is 2. The van der Waals surface area contributed by atoms with Crippen LogP contribution < -0.4 is 19.9 Å². The normalized spacial score (nSPS) is 12.2. The molecule has 5 nitrogen and oxygen atoms in total. The van der Waals surface area contributed by atoms with Crippen LogP contribution in [-0.4, -0.2) is 32.1 Å². The maximum Gasteiger partial charge on any atom is 0.203 e. The van der Waals surface area contributed by atoms with Crippen molar-refractivity contribution in [3.05, 3.63) is 47.3 Å². The molecule has 5 heteroatoms. The number of carbonyl (C=O) groups excluding carboxylic acids is 1. The van der Waals surface area contributed by atoms with E-state index in [1.54, 1.807) is 0 Å². The minimum atomic E-state index is -0.931. The lowest BCUT2D eigenvalue weighted by Gasteiger charge is -2.24. The van der Waals surface area contributed by atoms with Gasteiger partial charge in [-0.1, -0.05) is 136 Å². The molecule has 1 aromatic rings. The second kappa shape index (κ2) is 25.2. The highest BCUT2D eigenvalue weighted by Crippen LogP contribution is 2.36. The monoisotopic (exact) mass is 703 g/mol. The number of carbonyl (C=O) groups is 1. The average Bonchev–Trinajstić information content (AvgIpc) is 3.14. The standard InChI is InChI=1S/C46H74N2O3/c1-6-11-14-15-16-17-18-19-20-21-22-23-24-25-26-27-28-38(46(49)50)35-43-41-31-29-39(47(9-4)10-5)36-44(41)51-45-37-40(30-32-42(43)45)48(33-12-7-2)34-13-8-3/h29-32,36-38H,6-28,33-35H2,1-5H3. The molecule has 0 saturated heterocycles. The van der Waals surface area contributed by atoms with Gasteiger partial charge >= 0.3 is 0 Å². The Hall–Kier alpha value is -2.82. The first kappa shape index (κ1) is 42.6. The van der Waals surface area contributed by atoms with Crippen LogP contribution in [0, 0.1) is 5.92 Å². The summed E-state index contributed by atoms with van der Waals surface area (Å²) in [6, 6.07) is 13.0. The lowest BCUT2D eigenvalue weighted by molar-refractivity contribution is -0.311. The molecule has 0 radical (unpaired) electrons. The van der Waals surface area contributed by atoms with Crippen LogP contribution >= 0.6 is 0 Å². The molecule has 1 aromatic carbocycles. The molecule has 2 aliphatic rings. The van der Waals surface area contributed by atoms with Crippen molar-refractivity contribution >= 4 is 22.6 Å². The van der Waals surface area contributed by atoms with Crippen molar-refractivity contribution in [2.75, 3.05) is 31.1 Å². The molecule has 1 aliphatic heterocycles. The van der Waals surface area contributed by atoms with Crippen LogP contribution in [0.1, 0.15) is 175 Å². The molecule has 0 saturated carbocycles. The maximum absolute atomic E-state index is 12.6. The van der Waals surface area contributed by atoms with Crippen LogP contribution in [0.2, 0.25) is 0 Å². The molecular weight excluding hydrogens is 629 g/mol. The van der Waals surface area contributed by atoms with E-state index in [9.17, 15) is 9.90 Å². The zero-order valence-corrected chi connectivity index (χ0v) is 33.5. The summed E-state index contributed by atoms with van der Waals surface area (Å²) in [7, 11) is 0. The van der Waals surface area contributed by atoms with Gasteiger partial charge in [0.05, 0.1) is 6.07 Å². The van der Waals surface area contributed by atoms with Crippen LogP contribution in [0.4, 0.5) is 5.69 Å². The average molecular weight is 703 g/mol. The van der Waals surface area contributed by atoms with Crippen LogP contribution in [0.15, 0.2) is 40.8 Å². The molecule has 1 unspecified atom stereocenters. The molecule has 1 heterocycles. The van der Waals surface area contributed by atoms with E-state index in [4.69, 9.17) is 4.42 Å². The van der Waals surface area contributed by atoms with E-state index < -0.39 is 11.9 Å². The van der Waals surface area contributed by atoms with Crippen LogP contribution in [0.5, 0.6) is 0 Å². The largest absolute Gasteiger partial charge is 0.550 e. The summed E-state index contributed by atoms with van der Waals surface area (Å²) < 4.78 is 9.17. The molecule has 0 spiro atoms. The minimum Gasteiger partial charge on any atom is -0.550 e. The van der Waals surface area contributed by atoms with Crippen molar-refractivity contribution in [3.8, 4) is 11.3 Å². The Morgan fingerprint density at radius 1 is 0.667 bits per heavy atom. The molecule has 0 N–H and O–H groups in total. The summed E-state index contributed by atoms with van der Waals surface area (Å²) in [6.07, 6.45) is 26.8. The number of rotatable bonds is 29. The van der Waals surface area contributed by atoms with Gasteiger partial charge in [-0.25, -0.2) is 4.58 Å². The second-order valence-electron chi connectivity index (χ2n) is 15.1. The number of anilines is 1. The number of carboxylic acid groups (broad SMARTS) is 1. The minimum absolute atomic E-state index is 0.462. The summed E-state index contributed by atoms with van der Waals surface area (Å²) in [4.78, 5) is 14.9. The van der Waals surface area contributed by atoms with Gasteiger partial charge in [0, 0.05) is 66.6 Å². The highest BCUT2D eigenvalue weighted by Gasteiger charge is 2.22. The van der Waals surface area contributed by atoms with Gasteiger partial charge in [0.25, 0.3) is 0 Å². The second-order valence-corrected chi connectivity index (χ2v) is 15.1. The smallest absolute Gasteiger partial charge is 0.203 e. The van der Waals surface area contributed by atoms with E-state index in [1.807, 2.05) is 0 Å². The number of fused-ring (bicyclic) bond motifs is 2. The molecule has 1 aliphatic carbocycles. The van der Waals surface area contributed by atoms with Gasteiger partial charge < -0.3 is 19.2 Å². The molecule has 3 rings (SSSR count). The van der Waals surface area contributed by atoms with Crippen LogP contribution in [0.25, 0.3) is 22.3 Å². The topological polar surface area (TPSA) is 59.5 Å². The lowest BCUT2D eigenvalue weighted by Crippen LogP contribution is -2.33. The third-order valence-corrected chi connectivity index (χ3v) is 11.0. The molecule has 286 valence electrons. The number of unbranched alkanes of at least 4 members (excludes halogenated alkanes) is 17. The van der Waals surface area contributed by atoms with E-state index in [1.165, 1.54) is 95.2 Å². The number of hydrogen-bond acceptors (Lipinski definition) is 4. The molecular formula is C46H74N2O3.